The minimum atomic E-state index is 0.164. The molecule has 28 heavy (non-hydrogen) atoms. The summed E-state index contributed by atoms with van der Waals surface area (Å²) in [4.78, 5) is 26.4. The zero-order valence-corrected chi connectivity index (χ0v) is 17.6. The standard InChI is InChI=1S/C19H30N8O/c1-24(2)15-12-27(13-16(15)28-6)17-8-10-21-19(23-17)26(5)11-14-7-9-20-18(22-14)25(3)4/h7-10,15-16H,11-13H2,1-6H3/t15-,16+/m0/s1. The van der Waals surface area contributed by atoms with Gasteiger partial charge in [-0.15, -0.1) is 0 Å². The van der Waals surface area contributed by atoms with E-state index in [1.807, 2.05) is 49.3 Å². The third-order valence-corrected chi connectivity index (χ3v) is 5.00. The highest BCUT2D eigenvalue weighted by Crippen LogP contribution is 2.23. The number of nitrogens with zero attached hydrogens (tertiary/aromatic N) is 8. The van der Waals surface area contributed by atoms with Crippen molar-refractivity contribution in [1.29, 1.82) is 0 Å². The van der Waals surface area contributed by atoms with Gasteiger partial charge in [0.15, 0.2) is 0 Å². The van der Waals surface area contributed by atoms with Crippen LogP contribution < -0.4 is 14.7 Å². The lowest BCUT2D eigenvalue weighted by Crippen LogP contribution is -2.39. The Morgan fingerprint density at radius 1 is 1.00 bits per heavy atom. The Labute approximate surface area is 167 Å². The lowest BCUT2D eigenvalue weighted by Gasteiger charge is -2.23. The highest BCUT2D eigenvalue weighted by Gasteiger charge is 2.35. The van der Waals surface area contributed by atoms with Gasteiger partial charge in [-0.3, -0.25) is 0 Å². The topological polar surface area (TPSA) is 73.8 Å². The van der Waals surface area contributed by atoms with Crippen LogP contribution in [0.1, 0.15) is 5.69 Å². The Bertz CT molecular complexity index is 784. The van der Waals surface area contributed by atoms with E-state index in [9.17, 15) is 0 Å². The number of hydrogen-bond donors (Lipinski definition) is 0. The number of methoxy groups -OCH3 is 1. The van der Waals surface area contributed by atoms with Crippen molar-refractivity contribution in [2.75, 3.05) is 70.1 Å². The van der Waals surface area contributed by atoms with Gasteiger partial charge in [0.2, 0.25) is 11.9 Å². The molecule has 0 bridgehead atoms. The number of anilines is 3. The summed E-state index contributed by atoms with van der Waals surface area (Å²) in [6.45, 7) is 2.30. The van der Waals surface area contributed by atoms with Crippen LogP contribution in [0.5, 0.6) is 0 Å². The minimum Gasteiger partial charge on any atom is -0.378 e. The number of ether oxygens (including phenoxy) is 1. The van der Waals surface area contributed by atoms with Crippen LogP contribution in [0.4, 0.5) is 17.7 Å². The Morgan fingerprint density at radius 3 is 2.36 bits per heavy atom. The molecule has 0 aromatic carbocycles. The highest BCUT2D eigenvalue weighted by molar-refractivity contribution is 5.45. The number of likely N-dealkylation sites (N-methyl/N-ethyl adjacent to an activating group) is 1. The molecule has 1 fully saturated rings. The van der Waals surface area contributed by atoms with E-state index in [1.165, 1.54) is 0 Å². The van der Waals surface area contributed by atoms with Gasteiger partial charge in [-0.05, 0) is 26.2 Å². The fraction of sp³-hybridized carbons (Fsp3) is 0.579. The molecule has 1 aliphatic rings. The van der Waals surface area contributed by atoms with Crippen LogP contribution in [-0.2, 0) is 11.3 Å². The second-order valence-corrected chi connectivity index (χ2v) is 7.52. The van der Waals surface area contributed by atoms with Crippen LogP contribution in [-0.4, -0.2) is 92.4 Å². The van der Waals surface area contributed by atoms with E-state index in [0.29, 0.717) is 24.5 Å². The van der Waals surface area contributed by atoms with Gasteiger partial charge in [-0.1, -0.05) is 0 Å². The lowest BCUT2D eigenvalue weighted by atomic mass is 10.2. The van der Waals surface area contributed by atoms with Gasteiger partial charge < -0.3 is 24.3 Å². The molecule has 0 radical (unpaired) electrons. The predicted octanol–water partition coefficient (Wildman–Crippen LogP) is 0.734. The SMILES string of the molecule is CO[C@@H]1CN(c2ccnc(N(C)Cc3ccnc(N(C)C)n3)n2)C[C@@H]1N(C)C. The second-order valence-electron chi connectivity index (χ2n) is 7.52. The van der Waals surface area contributed by atoms with E-state index in [2.05, 4.69) is 38.8 Å². The monoisotopic (exact) mass is 386 g/mol. The van der Waals surface area contributed by atoms with Gasteiger partial charge in [-0.25, -0.2) is 15.0 Å². The van der Waals surface area contributed by atoms with Crippen molar-refractivity contribution in [3.63, 3.8) is 0 Å². The number of hydrogen-bond acceptors (Lipinski definition) is 9. The first-order valence-corrected chi connectivity index (χ1v) is 9.36. The maximum atomic E-state index is 5.67. The summed E-state index contributed by atoms with van der Waals surface area (Å²) in [5.41, 5.74) is 0.920. The average molecular weight is 387 g/mol. The molecule has 0 aliphatic carbocycles. The quantitative estimate of drug-likeness (QED) is 0.685. The molecule has 0 saturated carbocycles. The van der Waals surface area contributed by atoms with Crippen LogP contribution in [0.2, 0.25) is 0 Å². The summed E-state index contributed by atoms with van der Waals surface area (Å²) in [5.74, 6) is 2.28. The molecular formula is C19H30N8O. The Hall–Kier alpha value is -2.52. The maximum Gasteiger partial charge on any atom is 0.227 e. The molecule has 2 aromatic rings. The third-order valence-electron chi connectivity index (χ3n) is 5.00. The lowest BCUT2D eigenvalue weighted by molar-refractivity contribution is 0.0639. The molecule has 0 amide bonds. The van der Waals surface area contributed by atoms with Gasteiger partial charge in [0.05, 0.1) is 24.4 Å². The van der Waals surface area contributed by atoms with Gasteiger partial charge in [0, 0.05) is 53.7 Å². The Kier molecular flexibility index (Phi) is 6.25. The van der Waals surface area contributed by atoms with Crippen molar-refractivity contribution in [2.24, 2.45) is 0 Å². The van der Waals surface area contributed by atoms with Crippen LogP contribution in [0.15, 0.2) is 24.5 Å². The summed E-state index contributed by atoms with van der Waals surface area (Å²) in [7, 11) is 11.8. The maximum absolute atomic E-state index is 5.67. The van der Waals surface area contributed by atoms with E-state index >= 15 is 0 Å². The predicted molar refractivity (Wildman–Crippen MR) is 111 cm³/mol. The molecule has 1 aliphatic heterocycles. The molecule has 1 saturated heterocycles. The van der Waals surface area contributed by atoms with E-state index in [0.717, 1.165) is 24.6 Å². The van der Waals surface area contributed by atoms with Crippen molar-refractivity contribution in [1.82, 2.24) is 24.8 Å². The first kappa shape index (κ1) is 20.2. The number of aromatic nitrogens is 4. The first-order valence-electron chi connectivity index (χ1n) is 9.36. The zero-order valence-electron chi connectivity index (χ0n) is 17.6. The van der Waals surface area contributed by atoms with Crippen LogP contribution >= 0.6 is 0 Å². The van der Waals surface area contributed by atoms with Gasteiger partial charge in [-0.2, -0.15) is 4.98 Å². The average Bonchev–Trinajstić information content (AvgIpc) is 3.13. The normalized spacial score (nSPS) is 19.3. The molecule has 2 atom stereocenters. The minimum absolute atomic E-state index is 0.164. The Balaban J connectivity index is 1.73. The smallest absolute Gasteiger partial charge is 0.227 e. The molecular weight excluding hydrogens is 356 g/mol. The van der Waals surface area contributed by atoms with E-state index in [4.69, 9.17) is 9.72 Å². The third kappa shape index (κ3) is 4.48. The molecule has 3 rings (SSSR count). The van der Waals surface area contributed by atoms with Crippen molar-refractivity contribution < 1.29 is 4.74 Å². The van der Waals surface area contributed by atoms with Crippen molar-refractivity contribution in [3.8, 4) is 0 Å². The summed E-state index contributed by atoms with van der Waals surface area (Å²) in [6.07, 6.45) is 3.75. The van der Waals surface area contributed by atoms with Gasteiger partial charge in [0.1, 0.15) is 5.82 Å². The Morgan fingerprint density at radius 2 is 1.71 bits per heavy atom. The zero-order chi connectivity index (χ0) is 20.3. The van der Waals surface area contributed by atoms with Crippen molar-refractivity contribution in [2.45, 2.75) is 18.7 Å². The fourth-order valence-electron chi connectivity index (χ4n) is 3.37. The summed E-state index contributed by atoms with van der Waals surface area (Å²) < 4.78 is 5.67. The molecule has 152 valence electrons. The largest absolute Gasteiger partial charge is 0.378 e. The number of rotatable bonds is 7. The molecule has 0 N–H and O–H groups in total. The van der Waals surface area contributed by atoms with Crippen LogP contribution in [0.3, 0.4) is 0 Å². The summed E-state index contributed by atoms with van der Waals surface area (Å²) in [5, 5.41) is 0. The van der Waals surface area contributed by atoms with E-state index in [1.54, 1.807) is 13.3 Å². The molecule has 3 heterocycles. The highest BCUT2D eigenvalue weighted by atomic mass is 16.5. The summed E-state index contributed by atoms with van der Waals surface area (Å²) >= 11 is 0. The summed E-state index contributed by atoms with van der Waals surface area (Å²) in [6, 6.07) is 4.21. The van der Waals surface area contributed by atoms with Gasteiger partial charge >= 0.3 is 0 Å². The second kappa shape index (κ2) is 8.66. The fourth-order valence-corrected chi connectivity index (χ4v) is 3.37. The van der Waals surface area contributed by atoms with E-state index < -0.39 is 0 Å². The molecule has 9 nitrogen and oxygen atoms in total. The molecule has 0 unspecified atom stereocenters. The first-order chi connectivity index (χ1) is 13.4. The van der Waals surface area contributed by atoms with Crippen molar-refractivity contribution in [3.05, 3.63) is 30.2 Å². The molecule has 9 heteroatoms. The van der Waals surface area contributed by atoms with Crippen LogP contribution in [0, 0.1) is 0 Å². The van der Waals surface area contributed by atoms with Crippen molar-refractivity contribution >= 4 is 17.7 Å². The molecule has 0 spiro atoms. The van der Waals surface area contributed by atoms with E-state index in [-0.39, 0.29) is 6.10 Å². The molecule has 2 aromatic heterocycles. The van der Waals surface area contributed by atoms with Crippen LogP contribution in [0.25, 0.3) is 0 Å². The van der Waals surface area contributed by atoms with Gasteiger partial charge in [0.25, 0.3) is 0 Å².